The van der Waals surface area contributed by atoms with E-state index in [4.69, 9.17) is 9.97 Å². The first-order chi connectivity index (χ1) is 31.9. The lowest BCUT2D eigenvalue weighted by Gasteiger charge is -2.17. The fraction of sp³-hybridized carbons (Fsp3) is 0.143. The standard InChI is InChI=1S/2C28H21N5/c2*1-19-32-26-17-31-25-13-8-20(6-7-21-5-4-14-30-16-21)15-24(25)27(26)33(19)23-11-9-22(10-12-23)28(2,3)18-29/h2*4-5,8-17H,1-3H3. The molecule has 6 heterocycles. The lowest BCUT2D eigenvalue weighted by atomic mass is 9.86. The van der Waals surface area contributed by atoms with Gasteiger partial charge in [0.25, 0.3) is 0 Å². The summed E-state index contributed by atoms with van der Waals surface area (Å²) < 4.78 is 4.28. The molecule has 10 aromatic rings. The fourth-order valence-electron chi connectivity index (χ4n) is 7.87. The van der Waals surface area contributed by atoms with E-state index in [1.165, 1.54) is 0 Å². The number of nitriles is 2. The molecule has 0 aliphatic heterocycles. The number of rotatable bonds is 4. The molecule has 0 atom stereocenters. The highest BCUT2D eigenvalue weighted by atomic mass is 15.1. The number of fused-ring (bicyclic) bond motifs is 6. The second-order valence-electron chi connectivity index (χ2n) is 17.0. The van der Waals surface area contributed by atoms with Crippen LogP contribution in [0.3, 0.4) is 0 Å². The van der Waals surface area contributed by atoms with E-state index in [0.717, 1.165) is 100 Å². The summed E-state index contributed by atoms with van der Waals surface area (Å²) in [6, 6.07) is 40.7. The minimum absolute atomic E-state index is 0.539. The summed E-state index contributed by atoms with van der Waals surface area (Å²) >= 11 is 0. The van der Waals surface area contributed by atoms with Crippen molar-refractivity contribution in [2.75, 3.05) is 0 Å². The zero-order valence-corrected chi connectivity index (χ0v) is 37.3. The predicted octanol–water partition coefficient (Wildman–Crippen LogP) is 11.0. The highest BCUT2D eigenvalue weighted by Crippen LogP contribution is 2.32. The monoisotopic (exact) mass is 854 g/mol. The van der Waals surface area contributed by atoms with Crippen molar-refractivity contribution in [1.29, 1.82) is 10.5 Å². The summed E-state index contributed by atoms with van der Waals surface area (Å²) in [7, 11) is 0. The Kier molecular flexibility index (Phi) is 11.1. The molecular formula is C56H42N10. The number of benzene rings is 4. The van der Waals surface area contributed by atoms with Gasteiger partial charge in [0.2, 0.25) is 0 Å². The van der Waals surface area contributed by atoms with Crippen molar-refractivity contribution >= 4 is 43.9 Å². The van der Waals surface area contributed by atoms with E-state index < -0.39 is 10.8 Å². The number of aromatic nitrogens is 8. The van der Waals surface area contributed by atoms with Gasteiger partial charge in [0, 0.05) is 69.2 Å². The molecular weight excluding hydrogens is 813 g/mol. The van der Waals surface area contributed by atoms with Crippen LogP contribution in [0.4, 0.5) is 0 Å². The van der Waals surface area contributed by atoms with Gasteiger partial charge in [0.15, 0.2) is 0 Å². The third kappa shape index (κ3) is 8.31. The second kappa shape index (κ2) is 17.3. The molecule has 0 spiro atoms. The molecule has 0 aliphatic carbocycles. The molecule has 0 fully saturated rings. The Bertz CT molecular complexity index is 3430. The quantitative estimate of drug-likeness (QED) is 0.160. The molecule has 66 heavy (non-hydrogen) atoms. The van der Waals surface area contributed by atoms with Crippen molar-refractivity contribution in [1.82, 2.24) is 39.0 Å². The number of imidazole rings is 2. The largest absolute Gasteiger partial charge is 0.296 e. The molecule has 0 amide bonds. The van der Waals surface area contributed by atoms with Gasteiger partial charge >= 0.3 is 0 Å². The van der Waals surface area contributed by atoms with Crippen LogP contribution in [0.15, 0.2) is 146 Å². The maximum Gasteiger partial charge on any atom is 0.111 e. The van der Waals surface area contributed by atoms with Gasteiger partial charge in [-0.25, -0.2) is 9.97 Å². The number of aryl methyl sites for hydroxylation is 2. The van der Waals surface area contributed by atoms with E-state index in [1.54, 1.807) is 24.8 Å². The maximum atomic E-state index is 9.46. The van der Waals surface area contributed by atoms with Crippen molar-refractivity contribution < 1.29 is 0 Å². The van der Waals surface area contributed by atoms with Crippen LogP contribution in [0.5, 0.6) is 0 Å². The summed E-state index contributed by atoms with van der Waals surface area (Å²) in [6.07, 6.45) is 10.6. The van der Waals surface area contributed by atoms with Crippen LogP contribution in [0.1, 0.15) is 72.7 Å². The lowest BCUT2D eigenvalue weighted by molar-refractivity contribution is 0.686. The maximum absolute atomic E-state index is 9.46. The van der Waals surface area contributed by atoms with Crippen LogP contribution in [0.2, 0.25) is 0 Å². The third-order valence-corrected chi connectivity index (χ3v) is 11.6. The van der Waals surface area contributed by atoms with Crippen LogP contribution < -0.4 is 0 Å². The van der Waals surface area contributed by atoms with Crippen molar-refractivity contribution in [2.24, 2.45) is 0 Å². The van der Waals surface area contributed by atoms with Crippen LogP contribution in [-0.2, 0) is 10.8 Å². The minimum atomic E-state index is -0.539. The van der Waals surface area contributed by atoms with E-state index in [1.807, 2.05) is 151 Å². The first kappa shape index (κ1) is 42.3. The van der Waals surface area contributed by atoms with Gasteiger partial charge in [-0.15, -0.1) is 0 Å². The first-order valence-electron chi connectivity index (χ1n) is 21.4. The number of nitrogens with zero attached hydrogens (tertiary/aromatic N) is 10. The van der Waals surface area contributed by atoms with Crippen LogP contribution in [0.25, 0.3) is 55.2 Å². The Labute approximate surface area is 382 Å². The Balaban J connectivity index is 0.000000166. The van der Waals surface area contributed by atoms with Gasteiger partial charge in [-0.05, 0) is 138 Å². The Morgan fingerprint density at radius 2 is 0.848 bits per heavy atom. The fourth-order valence-corrected chi connectivity index (χ4v) is 7.87. The predicted molar refractivity (Wildman–Crippen MR) is 260 cm³/mol. The molecule has 0 saturated heterocycles. The van der Waals surface area contributed by atoms with Crippen LogP contribution >= 0.6 is 0 Å². The number of pyridine rings is 4. The molecule has 10 nitrogen and oxygen atoms in total. The third-order valence-electron chi connectivity index (χ3n) is 11.6. The smallest absolute Gasteiger partial charge is 0.111 e. The van der Waals surface area contributed by atoms with Gasteiger partial charge in [-0.1, -0.05) is 47.9 Å². The van der Waals surface area contributed by atoms with E-state index in [0.29, 0.717) is 0 Å². The van der Waals surface area contributed by atoms with Crippen molar-refractivity contribution in [3.63, 3.8) is 0 Å². The zero-order chi connectivity index (χ0) is 46.0. The van der Waals surface area contributed by atoms with Gasteiger partial charge in [0.1, 0.15) is 22.7 Å². The molecule has 0 aliphatic rings. The van der Waals surface area contributed by atoms with Crippen molar-refractivity contribution in [3.8, 4) is 47.2 Å². The molecule has 0 radical (unpaired) electrons. The number of hydrogen-bond acceptors (Lipinski definition) is 8. The lowest BCUT2D eigenvalue weighted by Crippen LogP contribution is -2.13. The first-order valence-corrected chi connectivity index (χ1v) is 21.4. The van der Waals surface area contributed by atoms with Crippen LogP contribution in [-0.4, -0.2) is 39.0 Å². The highest BCUT2D eigenvalue weighted by Gasteiger charge is 2.22. The van der Waals surface area contributed by atoms with E-state index in [9.17, 15) is 10.5 Å². The van der Waals surface area contributed by atoms with E-state index >= 15 is 0 Å². The summed E-state index contributed by atoms with van der Waals surface area (Å²) in [5.74, 6) is 14.6. The summed E-state index contributed by atoms with van der Waals surface area (Å²) in [4.78, 5) is 27.0. The Hall–Kier alpha value is -8.96. The molecule has 0 N–H and O–H groups in total. The van der Waals surface area contributed by atoms with Gasteiger partial charge in [-0.3, -0.25) is 29.1 Å². The molecule has 0 saturated carbocycles. The Morgan fingerprint density at radius 3 is 1.21 bits per heavy atom. The average molecular weight is 855 g/mol. The molecule has 10 heteroatoms. The number of hydrogen-bond donors (Lipinski definition) is 0. The van der Waals surface area contributed by atoms with E-state index in [-0.39, 0.29) is 0 Å². The average Bonchev–Trinajstić information content (AvgIpc) is 3.89. The van der Waals surface area contributed by atoms with Gasteiger partial charge in [-0.2, -0.15) is 10.5 Å². The molecule has 6 aromatic heterocycles. The molecule has 0 bridgehead atoms. The topological polar surface area (TPSA) is 135 Å². The van der Waals surface area contributed by atoms with E-state index in [2.05, 4.69) is 77.0 Å². The second-order valence-corrected chi connectivity index (χ2v) is 17.0. The SMILES string of the molecule is Cc1nc2cnc3ccc(C#Cc4cccnc4)cc3c2n1-c1ccc(C(C)(C)C#N)cc1.Cc1nc2cnc3ccc(C#Cc4cccnc4)cc3c2n1-c1ccc(C(C)(C)C#N)cc1. The molecule has 316 valence electrons. The van der Waals surface area contributed by atoms with Crippen molar-refractivity contribution in [2.45, 2.75) is 52.4 Å². The summed E-state index contributed by atoms with van der Waals surface area (Å²) in [5, 5.41) is 20.9. The van der Waals surface area contributed by atoms with Crippen LogP contribution in [0, 0.1) is 60.2 Å². The molecule has 10 rings (SSSR count). The summed E-state index contributed by atoms with van der Waals surface area (Å²) in [5.41, 5.74) is 11.8. The highest BCUT2D eigenvalue weighted by molar-refractivity contribution is 6.04. The van der Waals surface area contributed by atoms with Crippen molar-refractivity contribution in [3.05, 3.63) is 191 Å². The summed E-state index contributed by atoms with van der Waals surface area (Å²) in [6.45, 7) is 11.7. The normalized spacial score (nSPS) is 11.2. The van der Waals surface area contributed by atoms with Gasteiger partial charge in [0.05, 0.1) is 57.4 Å². The Morgan fingerprint density at radius 1 is 0.455 bits per heavy atom. The van der Waals surface area contributed by atoms with Gasteiger partial charge < -0.3 is 0 Å². The molecule has 0 unspecified atom stereocenters. The molecule has 4 aromatic carbocycles. The minimum Gasteiger partial charge on any atom is -0.296 e. The zero-order valence-electron chi connectivity index (χ0n) is 37.3.